The molecule has 2 N–H and O–H groups in total. The summed E-state index contributed by atoms with van der Waals surface area (Å²) >= 11 is 0. The van der Waals surface area contributed by atoms with Crippen LogP contribution in [-0.4, -0.2) is 28.1 Å². The zero-order valence-electron chi connectivity index (χ0n) is 11.7. The molecule has 6 heteroatoms. The van der Waals surface area contributed by atoms with Gasteiger partial charge in [0, 0.05) is 25.0 Å². The van der Waals surface area contributed by atoms with Crippen molar-refractivity contribution in [1.82, 2.24) is 20.2 Å². The van der Waals surface area contributed by atoms with E-state index in [0.717, 1.165) is 24.0 Å². The molecule has 112 valence electrons. The van der Waals surface area contributed by atoms with Crippen LogP contribution in [0.15, 0.2) is 30.6 Å². The van der Waals surface area contributed by atoms with E-state index < -0.39 is 0 Å². The van der Waals surface area contributed by atoms with E-state index in [2.05, 4.69) is 15.7 Å². The Bertz CT molecular complexity index is 636. The molecule has 2 bridgehead atoms. The lowest BCUT2D eigenvalue weighted by molar-refractivity contribution is -0.125. The number of pyridine rings is 1. The molecule has 2 aromatic rings. The second-order valence-electron chi connectivity index (χ2n) is 5.79. The standard InChI is InChI=1S/C15H18N4O.ClH/c20-15(14-11-3-4-12(14)16-9-11)17-8-10-2-1-7-19-13(10)5-6-18-19;/h1-2,5-7,11-12,14,16H,3-4,8-9H2,(H,17,20);1H/t11-,12-,14+;/m0./s1. The smallest absolute Gasteiger partial charge is 0.225 e. The Morgan fingerprint density at radius 2 is 2.33 bits per heavy atom. The van der Waals surface area contributed by atoms with Gasteiger partial charge in [0.25, 0.3) is 0 Å². The van der Waals surface area contributed by atoms with Crippen LogP contribution in [0.1, 0.15) is 18.4 Å². The highest BCUT2D eigenvalue weighted by atomic mass is 35.5. The van der Waals surface area contributed by atoms with Crippen LogP contribution in [0, 0.1) is 11.8 Å². The van der Waals surface area contributed by atoms with Gasteiger partial charge in [0.1, 0.15) is 0 Å². The molecule has 1 amide bonds. The van der Waals surface area contributed by atoms with E-state index in [9.17, 15) is 4.79 Å². The van der Waals surface area contributed by atoms with Gasteiger partial charge in [-0.25, -0.2) is 4.52 Å². The van der Waals surface area contributed by atoms with Gasteiger partial charge in [0.15, 0.2) is 0 Å². The Morgan fingerprint density at radius 3 is 3.05 bits per heavy atom. The molecule has 0 radical (unpaired) electrons. The number of carbonyl (C=O) groups is 1. The Kier molecular flexibility index (Phi) is 3.87. The monoisotopic (exact) mass is 306 g/mol. The van der Waals surface area contributed by atoms with Crippen LogP contribution in [0.5, 0.6) is 0 Å². The second-order valence-corrected chi connectivity index (χ2v) is 5.79. The van der Waals surface area contributed by atoms with E-state index in [0.29, 0.717) is 18.5 Å². The zero-order valence-corrected chi connectivity index (χ0v) is 12.5. The maximum absolute atomic E-state index is 12.4. The van der Waals surface area contributed by atoms with Crippen molar-refractivity contribution in [3.63, 3.8) is 0 Å². The number of rotatable bonds is 3. The first-order chi connectivity index (χ1) is 9.83. The van der Waals surface area contributed by atoms with Crippen LogP contribution in [0.25, 0.3) is 5.52 Å². The third-order valence-electron chi connectivity index (χ3n) is 4.71. The van der Waals surface area contributed by atoms with Crippen molar-refractivity contribution in [2.45, 2.75) is 25.4 Å². The molecule has 1 aliphatic heterocycles. The highest BCUT2D eigenvalue weighted by Gasteiger charge is 2.45. The molecule has 2 fully saturated rings. The molecule has 2 aliphatic rings. The number of halogens is 1. The van der Waals surface area contributed by atoms with Crippen molar-refractivity contribution in [2.75, 3.05) is 6.54 Å². The van der Waals surface area contributed by atoms with Crippen molar-refractivity contribution in [3.05, 3.63) is 36.2 Å². The molecular formula is C15H19ClN4O. The van der Waals surface area contributed by atoms with Crippen molar-refractivity contribution in [1.29, 1.82) is 0 Å². The first-order valence-corrected chi connectivity index (χ1v) is 7.25. The molecule has 0 aromatic carbocycles. The lowest BCUT2D eigenvalue weighted by atomic mass is 9.97. The summed E-state index contributed by atoms with van der Waals surface area (Å²) in [6.45, 7) is 1.58. The minimum absolute atomic E-state index is 0. The van der Waals surface area contributed by atoms with Gasteiger partial charge in [-0.05, 0) is 43.0 Å². The van der Waals surface area contributed by atoms with Crippen molar-refractivity contribution < 1.29 is 4.79 Å². The Hall–Kier alpha value is -1.59. The summed E-state index contributed by atoms with van der Waals surface area (Å²) in [7, 11) is 0. The number of carbonyl (C=O) groups excluding carboxylic acids is 1. The lowest BCUT2D eigenvalue weighted by Crippen LogP contribution is -2.36. The predicted molar refractivity (Wildman–Crippen MR) is 82.3 cm³/mol. The Morgan fingerprint density at radius 1 is 1.43 bits per heavy atom. The Labute approximate surface area is 129 Å². The van der Waals surface area contributed by atoms with Gasteiger partial charge < -0.3 is 10.6 Å². The van der Waals surface area contributed by atoms with Gasteiger partial charge in [0.2, 0.25) is 5.91 Å². The summed E-state index contributed by atoms with van der Waals surface area (Å²) in [6.07, 6.45) is 6.03. The SMILES string of the molecule is Cl.O=C(NCc1cccn2nccc12)[C@@H]1[C@H]2CC[C@@H]1NC2. The number of fused-ring (bicyclic) bond motifs is 3. The van der Waals surface area contributed by atoms with Crippen LogP contribution in [0.2, 0.25) is 0 Å². The van der Waals surface area contributed by atoms with E-state index >= 15 is 0 Å². The first-order valence-electron chi connectivity index (χ1n) is 7.25. The topological polar surface area (TPSA) is 58.4 Å². The van der Waals surface area contributed by atoms with Gasteiger partial charge in [-0.1, -0.05) is 6.07 Å². The summed E-state index contributed by atoms with van der Waals surface area (Å²) in [5, 5.41) is 10.8. The molecule has 21 heavy (non-hydrogen) atoms. The highest BCUT2D eigenvalue weighted by Crippen LogP contribution is 2.36. The first kappa shape index (κ1) is 14.4. The van der Waals surface area contributed by atoms with Gasteiger partial charge >= 0.3 is 0 Å². The molecule has 4 rings (SSSR count). The van der Waals surface area contributed by atoms with E-state index in [1.807, 2.05) is 28.9 Å². The summed E-state index contributed by atoms with van der Waals surface area (Å²) in [4.78, 5) is 12.4. The number of hydrogen-bond acceptors (Lipinski definition) is 3. The Balaban J connectivity index is 0.00000132. The minimum atomic E-state index is 0. The van der Waals surface area contributed by atoms with Crippen molar-refractivity contribution in [3.8, 4) is 0 Å². The number of nitrogens with zero attached hydrogens (tertiary/aromatic N) is 2. The molecule has 3 heterocycles. The third kappa shape index (κ3) is 2.40. The predicted octanol–water partition coefficient (Wildman–Crippen LogP) is 1.37. The van der Waals surface area contributed by atoms with Crippen LogP contribution < -0.4 is 10.6 Å². The number of piperidine rings is 1. The molecule has 3 atom stereocenters. The van der Waals surface area contributed by atoms with Crippen LogP contribution >= 0.6 is 12.4 Å². The molecule has 5 nitrogen and oxygen atoms in total. The largest absolute Gasteiger partial charge is 0.352 e. The van der Waals surface area contributed by atoms with E-state index in [1.54, 1.807) is 6.20 Å². The zero-order chi connectivity index (χ0) is 13.5. The lowest BCUT2D eigenvalue weighted by Gasteiger charge is -2.15. The third-order valence-corrected chi connectivity index (χ3v) is 4.71. The maximum atomic E-state index is 12.4. The minimum Gasteiger partial charge on any atom is -0.352 e. The summed E-state index contributed by atoms with van der Waals surface area (Å²) in [5.74, 6) is 0.898. The molecule has 0 unspecified atom stereocenters. The van der Waals surface area contributed by atoms with Crippen LogP contribution in [0.3, 0.4) is 0 Å². The number of amides is 1. The highest BCUT2D eigenvalue weighted by molar-refractivity contribution is 5.85. The number of hydrogen-bond donors (Lipinski definition) is 2. The fourth-order valence-electron chi connectivity index (χ4n) is 3.70. The summed E-state index contributed by atoms with van der Waals surface area (Å²) < 4.78 is 1.84. The number of aromatic nitrogens is 2. The average molecular weight is 307 g/mol. The molecule has 2 aromatic heterocycles. The molecule has 1 saturated carbocycles. The fourth-order valence-corrected chi connectivity index (χ4v) is 3.70. The normalized spacial score (nSPS) is 26.8. The van der Waals surface area contributed by atoms with Crippen molar-refractivity contribution >= 4 is 23.8 Å². The van der Waals surface area contributed by atoms with E-state index in [1.165, 1.54) is 6.42 Å². The van der Waals surface area contributed by atoms with Gasteiger partial charge in [0.05, 0.1) is 11.4 Å². The molecule has 0 spiro atoms. The number of nitrogens with one attached hydrogen (secondary N) is 2. The molecular weight excluding hydrogens is 288 g/mol. The quantitative estimate of drug-likeness (QED) is 0.900. The molecule has 1 saturated heterocycles. The second kappa shape index (κ2) is 5.66. The summed E-state index contributed by atoms with van der Waals surface area (Å²) in [6, 6.07) is 6.37. The van der Waals surface area contributed by atoms with Crippen LogP contribution in [-0.2, 0) is 11.3 Å². The summed E-state index contributed by atoms with van der Waals surface area (Å²) in [5.41, 5.74) is 2.16. The van der Waals surface area contributed by atoms with Crippen LogP contribution in [0.4, 0.5) is 0 Å². The van der Waals surface area contributed by atoms with E-state index in [-0.39, 0.29) is 24.2 Å². The van der Waals surface area contributed by atoms with E-state index in [4.69, 9.17) is 0 Å². The van der Waals surface area contributed by atoms with Gasteiger partial charge in [-0.3, -0.25) is 4.79 Å². The fraction of sp³-hybridized carbons (Fsp3) is 0.467. The van der Waals surface area contributed by atoms with Gasteiger partial charge in [-0.2, -0.15) is 5.10 Å². The van der Waals surface area contributed by atoms with Crippen molar-refractivity contribution in [2.24, 2.45) is 11.8 Å². The average Bonchev–Trinajstić information content (AvgIpc) is 3.19. The van der Waals surface area contributed by atoms with Gasteiger partial charge in [-0.15, -0.1) is 12.4 Å². The maximum Gasteiger partial charge on any atom is 0.225 e. The molecule has 1 aliphatic carbocycles.